The largest absolute Gasteiger partial charge is 0.472 e. The molecule has 1 unspecified atom stereocenters. The molecular formula is C50H95NO8P+. The summed E-state index contributed by atoms with van der Waals surface area (Å²) in [7, 11) is 1.46. The zero-order valence-electron chi connectivity index (χ0n) is 39.7. The van der Waals surface area contributed by atoms with E-state index in [1.807, 2.05) is 21.1 Å². The minimum Gasteiger partial charge on any atom is -0.462 e. The van der Waals surface area contributed by atoms with E-state index in [0.29, 0.717) is 23.9 Å². The van der Waals surface area contributed by atoms with Gasteiger partial charge in [0.15, 0.2) is 6.10 Å². The molecule has 0 aliphatic carbocycles. The highest BCUT2D eigenvalue weighted by Crippen LogP contribution is 2.43. The SMILES string of the molecule is CCCCCCCC/C=C/CCCCCCCCCCCC(=O)O[C@H](COC(=O)CCC/C=C/C/C=C/CCCCCCCCCCC)COP(=O)(O)OCC[N+](C)(C)C. The molecule has 0 saturated carbocycles. The second-order valence-corrected chi connectivity index (χ2v) is 19.3. The van der Waals surface area contributed by atoms with Crippen LogP contribution in [0.3, 0.4) is 0 Å². The van der Waals surface area contributed by atoms with Crippen molar-refractivity contribution in [2.24, 2.45) is 0 Å². The van der Waals surface area contributed by atoms with Crippen molar-refractivity contribution in [1.82, 2.24) is 0 Å². The first-order valence-electron chi connectivity index (χ1n) is 24.7. The van der Waals surface area contributed by atoms with E-state index in [1.54, 1.807) is 0 Å². The molecule has 0 aromatic carbocycles. The molecule has 1 N–H and O–H groups in total. The molecule has 2 atom stereocenters. The normalized spacial score (nSPS) is 13.8. The van der Waals surface area contributed by atoms with Crippen LogP contribution in [-0.4, -0.2) is 74.9 Å². The first-order valence-corrected chi connectivity index (χ1v) is 26.2. The van der Waals surface area contributed by atoms with Crippen LogP contribution in [0.4, 0.5) is 0 Å². The lowest BCUT2D eigenvalue weighted by atomic mass is 10.1. The maximum atomic E-state index is 12.7. The number of carbonyl (C=O) groups excluding carboxylic acids is 2. The molecule has 0 rings (SSSR count). The van der Waals surface area contributed by atoms with Crippen molar-refractivity contribution in [3.05, 3.63) is 36.5 Å². The maximum Gasteiger partial charge on any atom is 0.472 e. The van der Waals surface area contributed by atoms with Crippen molar-refractivity contribution in [1.29, 1.82) is 0 Å². The van der Waals surface area contributed by atoms with E-state index in [4.69, 9.17) is 18.5 Å². The van der Waals surface area contributed by atoms with Gasteiger partial charge in [0.25, 0.3) is 0 Å². The summed E-state index contributed by atoms with van der Waals surface area (Å²) >= 11 is 0. The molecule has 0 saturated heterocycles. The highest BCUT2D eigenvalue weighted by Gasteiger charge is 2.27. The Balaban J connectivity index is 4.33. The summed E-state index contributed by atoms with van der Waals surface area (Å²) in [4.78, 5) is 35.5. The van der Waals surface area contributed by atoms with E-state index in [-0.39, 0.29) is 26.1 Å². The van der Waals surface area contributed by atoms with Crippen LogP contribution in [0.15, 0.2) is 36.5 Å². The number of ether oxygens (including phenoxy) is 2. The summed E-state index contributed by atoms with van der Waals surface area (Å²) < 4.78 is 34.4. The molecule has 0 aliphatic rings. The molecule has 0 heterocycles. The number of allylic oxidation sites excluding steroid dienone is 6. The number of phosphoric acid groups is 1. The van der Waals surface area contributed by atoms with Crippen molar-refractivity contribution < 1.29 is 42.1 Å². The molecule has 0 aromatic rings. The van der Waals surface area contributed by atoms with Crippen LogP contribution in [0, 0.1) is 0 Å². The van der Waals surface area contributed by atoms with Crippen LogP contribution in [-0.2, 0) is 32.7 Å². The molecule has 9 nitrogen and oxygen atoms in total. The molecule has 0 aromatic heterocycles. The molecule has 0 radical (unpaired) electrons. The fraction of sp³-hybridized carbons (Fsp3) is 0.840. The first-order chi connectivity index (χ1) is 29.0. The van der Waals surface area contributed by atoms with Crippen molar-refractivity contribution in [2.45, 2.75) is 225 Å². The number of phosphoric ester groups is 1. The molecule has 0 aliphatic heterocycles. The van der Waals surface area contributed by atoms with E-state index < -0.39 is 32.5 Å². The minimum atomic E-state index is -4.39. The predicted octanol–water partition coefficient (Wildman–Crippen LogP) is 14.5. The van der Waals surface area contributed by atoms with Crippen LogP contribution < -0.4 is 0 Å². The average Bonchev–Trinajstić information content (AvgIpc) is 3.20. The van der Waals surface area contributed by atoms with Crippen molar-refractivity contribution in [2.75, 3.05) is 47.5 Å². The van der Waals surface area contributed by atoms with Gasteiger partial charge in [-0.2, -0.15) is 0 Å². The summed E-state index contributed by atoms with van der Waals surface area (Å²) in [5.41, 5.74) is 0. The highest BCUT2D eigenvalue weighted by atomic mass is 31.2. The van der Waals surface area contributed by atoms with Gasteiger partial charge in [-0.25, -0.2) is 4.57 Å². The number of likely N-dealkylation sites (N-methyl/N-ethyl adjacent to an activating group) is 1. The van der Waals surface area contributed by atoms with Gasteiger partial charge in [0.1, 0.15) is 19.8 Å². The van der Waals surface area contributed by atoms with Gasteiger partial charge < -0.3 is 18.9 Å². The highest BCUT2D eigenvalue weighted by molar-refractivity contribution is 7.47. The summed E-state index contributed by atoms with van der Waals surface area (Å²) in [5.74, 6) is -0.848. The average molecular weight is 869 g/mol. The van der Waals surface area contributed by atoms with Gasteiger partial charge >= 0.3 is 19.8 Å². The molecule has 0 fully saturated rings. The Bertz CT molecular complexity index is 1120. The number of carbonyl (C=O) groups is 2. The Morgan fingerprint density at radius 3 is 1.38 bits per heavy atom. The number of esters is 2. The third-order valence-electron chi connectivity index (χ3n) is 10.6. The third-order valence-corrected chi connectivity index (χ3v) is 11.6. The van der Waals surface area contributed by atoms with E-state index in [1.165, 1.54) is 141 Å². The Morgan fingerprint density at radius 2 is 0.917 bits per heavy atom. The Hall–Kier alpha value is -1.77. The summed E-state index contributed by atoms with van der Waals surface area (Å²) in [6, 6.07) is 0. The van der Waals surface area contributed by atoms with E-state index in [9.17, 15) is 19.0 Å². The number of hydrogen-bond acceptors (Lipinski definition) is 7. The lowest BCUT2D eigenvalue weighted by Gasteiger charge is -2.24. The zero-order valence-corrected chi connectivity index (χ0v) is 40.6. The zero-order chi connectivity index (χ0) is 44.3. The van der Waals surface area contributed by atoms with E-state index in [2.05, 4.69) is 50.3 Å². The second kappa shape index (κ2) is 42.5. The second-order valence-electron chi connectivity index (χ2n) is 17.8. The summed E-state index contributed by atoms with van der Waals surface area (Å²) in [5, 5.41) is 0. The predicted molar refractivity (Wildman–Crippen MR) is 252 cm³/mol. The standard InChI is InChI=1S/C50H94NO8P/c1-6-8-10-12-14-16-18-20-22-24-25-27-29-31-33-35-37-39-41-43-50(53)59-48(47-58-60(54,55)57-45-44-51(3,4)5)46-56-49(52)42-40-38-36-34-32-30-28-26-23-21-19-17-15-13-11-9-7-2/h20,22,28,30,34,36,48H,6-19,21,23-27,29,31-33,35,37-47H2,1-5H3/p+1/b22-20+,30-28+,36-34+/t48-/m1/s1. The van der Waals surface area contributed by atoms with E-state index in [0.717, 1.165) is 38.5 Å². The fourth-order valence-electron chi connectivity index (χ4n) is 6.75. The molecule has 0 spiro atoms. The molecule has 60 heavy (non-hydrogen) atoms. The smallest absolute Gasteiger partial charge is 0.462 e. The number of hydrogen-bond donors (Lipinski definition) is 1. The van der Waals surface area contributed by atoms with Crippen LogP contribution in [0.5, 0.6) is 0 Å². The molecule has 10 heteroatoms. The maximum absolute atomic E-state index is 12.7. The fourth-order valence-corrected chi connectivity index (χ4v) is 7.50. The lowest BCUT2D eigenvalue weighted by molar-refractivity contribution is -0.870. The minimum absolute atomic E-state index is 0.0256. The Kier molecular flexibility index (Phi) is 41.3. The molecular weight excluding hydrogens is 774 g/mol. The van der Waals surface area contributed by atoms with Gasteiger partial charge in [0.2, 0.25) is 0 Å². The van der Waals surface area contributed by atoms with Crippen LogP contribution in [0.25, 0.3) is 0 Å². The van der Waals surface area contributed by atoms with Gasteiger partial charge in [-0.05, 0) is 64.2 Å². The molecule has 352 valence electrons. The van der Waals surface area contributed by atoms with Gasteiger partial charge in [-0.1, -0.05) is 179 Å². The monoisotopic (exact) mass is 869 g/mol. The van der Waals surface area contributed by atoms with Crippen molar-refractivity contribution in [3.63, 3.8) is 0 Å². The van der Waals surface area contributed by atoms with Gasteiger partial charge in [-0.15, -0.1) is 0 Å². The van der Waals surface area contributed by atoms with Crippen LogP contribution >= 0.6 is 7.82 Å². The number of unbranched alkanes of at least 4 members (excludes halogenated alkanes) is 25. The first kappa shape index (κ1) is 58.2. The Morgan fingerprint density at radius 1 is 0.517 bits per heavy atom. The number of nitrogens with zero attached hydrogens (tertiary/aromatic N) is 1. The van der Waals surface area contributed by atoms with Gasteiger partial charge in [0.05, 0.1) is 27.7 Å². The summed E-state index contributed by atoms with van der Waals surface area (Å²) in [6.45, 7) is 4.39. The lowest BCUT2D eigenvalue weighted by Crippen LogP contribution is -2.37. The van der Waals surface area contributed by atoms with Gasteiger partial charge in [0, 0.05) is 12.8 Å². The van der Waals surface area contributed by atoms with Crippen LogP contribution in [0.2, 0.25) is 0 Å². The number of quaternary nitrogens is 1. The van der Waals surface area contributed by atoms with Crippen molar-refractivity contribution in [3.8, 4) is 0 Å². The van der Waals surface area contributed by atoms with Gasteiger partial charge in [-0.3, -0.25) is 18.6 Å². The molecule has 0 amide bonds. The van der Waals surface area contributed by atoms with Crippen molar-refractivity contribution >= 4 is 19.8 Å². The third kappa shape index (κ3) is 45.7. The topological polar surface area (TPSA) is 108 Å². The van der Waals surface area contributed by atoms with E-state index >= 15 is 0 Å². The van der Waals surface area contributed by atoms with Crippen LogP contribution in [0.1, 0.15) is 219 Å². The summed E-state index contributed by atoms with van der Waals surface area (Å²) in [6.07, 6.45) is 49.2. The quantitative estimate of drug-likeness (QED) is 0.0212. The Labute approximate surface area is 370 Å². The number of rotatable bonds is 45. The molecule has 0 bridgehead atoms.